The van der Waals surface area contributed by atoms with Gasteiger partial charge in [0.2, 0.25) is 0 Å². The SMILES string of the molecule is N#Cc1ccc(-c2cc(-n3c4cc(-c5cc(C(F)(F)F)cc(C(F)(F)F)c5)ccc4c4ccc(-c5cc(C(F)(F)F)cc(C(F)(F)F)c5)cc43)ncc2-n2c3cc(-c4cc(C(F)(F)F)cc(C(F)(F)F)c4)ccc3c3ccc(-c4cc(C(F)(F)F)cc(C(F)(F)F)c4)cc32)cc1. The largest absolute Gasteiger partial charge is 0.416 e. The summed E-state index contributed by atoms with van der Waals surface area (Å²) in [6.45, 7) is 0. The van der Waals surface area contributed by atoms with Crippen molar-refractivity contribution in [3.8, 4) is 73.2 Å². The van der Waals surface area contributed by atoms with Gasteiger partial charge in [-0.1, -0.05) is 60.7 Å². The van der Waals surface area contributed by atoms with Gasteiger partial charge in [-0.3, -0.25) is 4.57 Å². The lowest BCUT2D eigenvalue weighted by atomic mass is 9.97. The first-order chi connectivity index (χ1) is 44.5. The highest BCUT2D eigenvalue weighted by molar-refractivity contribution is 6.13. The second-order valence-corrected chi connectivity index (χ2v) is 22.0. The molecule has 12 aromatic rings. The molecule has 0 radical (unpaired) electrons. The van der Waals surface area contributed by atoms with Crippen molar-refractivity contribution >= 4 is 43.6 Å². The summed E-state index contributed by atoms with van der Waals surface area (Å²) in [7, 11) is 0. The summed E-state index contributed by atoms with van der Waals surface area (Å²) in [4.78, 5) is 4.71. The Labute approximate surface area is 521 Å². The van der Waals surface area contributed by atoms with Crippen LogP contribution in [0.1, 0.15) is 50.1 Å². The van der Waals surface area contributed by atoms with E-state index < -0.39 is 116 Å². The second-order valence-electron chi connectivity index (χ2n) is 22.0. The molecule has 3 heterocycles. The standard InChI is InChI=1S/C68H30F24N4/c69-61(70,71)42-13-38(14-43(25-42)62(72,73)74)34-5-9-50-51-10-6-35(39-15-44(63(75,76)77)26-45(16-39)64(78,79)80)22-56(51)95(55(50)21-34)59-31-94-60(29-54(59)33-3-1-32(30-93)2-4-33)96-57-23-36(40-17-46(65(81,82)83)27-47(18-40)66(84,85)86)7-11-52(57)53-12-8-37(24-58(53)96)41-19-48(67(87,88)89)28-49(20-41)68(90,91)92/h1-29,31H. The Hall–Kier alpha value is -10.5. The Morgan fingerprint density at radius 1 is 0.260 bits per heavy atom. The van der Waals surface area contributed by atoms with Gasteiger partial charge in [0, 0.05) is 27.1 Å². The van der Waals surface area contributed by atoms with Crippen LogP contribution >= 0.6 is 0 Å². The van der Waals surface area contributed by atoms with Crippen LogP contribution in [0.5, 0.6) is 0 Å². The molecule has 0 fully saturated rings. The summed E-state index contributed by atoms with van der Waals surface area (Å²) < 4.78 is 347. The number of benzene rings is 9. The van der Waals surface area contributed by atoms with Crippen molar-refractivity contribution in [3.05, 3.63) is 232 Å². The summed E-state index contributed by atoms with van der Waals surface area (Å²) in [5, 5.41) is 10.2. The lowest BCUT2D eigenvalue weighted by Crippen LogP contribution is -2.11. The highest BCUT2D eigenvalue weighted by Gasteiger charge is 2.42. The fourth-order valence-corrected chi connectivity index (χ4v) is 11.4. The minimum Gasteiger partial charge on any atom is -0.307 e. The number of halogens is 24. The molecule has 0 saturated carbocycles. The van der Waals surface area contributed by atoms with E-state index in [0.717, 1.165) is 54.7 Å². The van der Waals surface area contributed by atoms with Crippen LogP contribution in [0.2, 0.25) is 0 Å². The average molecular weight is 1360 g/mol. The number of fused-ring (bicyclic) bond motifs is 6. The van der Waals surface area contributed by atoms with Gasteiger partial charge in [0.1, 0.15) is 5.82 Å². The summed E-state index contributed by atoms with van der Waals surface area (Å²) in [6.07, 6.45) is -41.9. The first-order valence-corrected chi connectivity index (χ1v) is 27.4. The molecule has 0 N–H and O–H groups in total. The van der Waals surface area contributed by atoms with Gasteiger partial charge in [0.25, 0.3) is 0 Å². The highest BCUT2D eigenvalue weighted by atomic mass is 19.4. The Balaban J connectivity index is 1.20. The number of nitriles is 1. The van der Waals surface area contributed by atoms with Crippen molar-refractivity contribution in [2.45, 2.75) is 49.4 Å². The van der Waals surface area contributed by atoms with Crippen molar-refractivity contribution in [1.82, 2.24) is 14.1 Å². The van der Waals surface area contributed by atoms with E-state index >= 15 is 0 Å². The third kappa shape index (κ3) is 12.4. The van der Waals surface area contributed by atoms with Crippen LogP contribution in [0, 0.1) is 11.3 Å². The van der Waals surface area contributed by atoms with Crippen molar-refractivity contribution in [2.75, 3.05) is 0 Å². The molecule has 3 aromatic heterocycles. The molecule has 0 aliphatic rings. The molecular weight excluding hydrogens is 1330 g/mol. The summed E-state index contributed by atoms with van der Waals surface area (Å²) in [5.41, 5.74) is -18.9. The maximum absolute atomic E-state index is 14.4. The molecule has 12 rings (SSSR count). The molecule has 490 valence electrons. The summed E-state index contributed by atoms with van der Waals surface area (Å²) in [5.74, 6) is -0.345. The zero-order valence-corrected chi connectivity index (χ0v) is 47.2. The molecule has 0 amide bonds. The van der Waals surface area contributed by atoms with Crippen LogP contribution in [-0.2, 0) is 49.4 Å². The van der Waals surface area contributed by atoms with Crippen molar-refractivity contribution in [1.29, 1.82) is 5.26 Å². The van der Waals surface area contributed by atoms with Gasteiger partial charge in [0.15, 0.2) is 0 Å². The predicted octanol–water partition coefficient (Wildman–Crippen LogP) is 23.6. The third-order valence-electron chi connectivity index (χ3n) is 15.9. The number of aromatic nitrogens is 3. The third-order valence-corrected chi connectivity index (χ3v) is 15.9. The fraction of sp³-hybridized carbons (Fsp3) is 0.118. The quantitative estimate of drug-likeness (QED) is 0.149. The van der Waals surface area contributed by atoms with Crippen LogP contribution in [0.25, 0.3) is 111 Å². The van der Waals surface area contributed by atoms with E-state index in [1.54, 1.807) is 0 Å². The van der Waals surface area contributed by atoms with E-state index in [9.17, 15) is 111 Å². The monoisotopic (exact) mass is 1360 g/mol. The first-order valence-electron chi connectivity index (χ1n) is 27.4. The van der Waals surface area contributed by atoms with Crippen molar-refractivity contribution in [3.63, 3.8) is 0 Å². The van der Waals surface area contributed by atoms with Gasteiger partial charge in [-0.15, -0.1) is 0 Å². The van der Waals surface area contributed by atoms with Gasteiger partial charge in [-0.25, -0.2) is 4.98 Å². The van der Waals surface area contributed by atoms with Crippen LogP contribution in [0.15, 0.2) is 182 Å². The molecule has 28 heteroatoms. The van der Waals surface area contributed by atoms with E-state index in [-0.39, 0.29) is 118 Å². The minimum atomic E-state index is -5.37. The molecule has 0 atom stereocenters. The van der Waals surface area contributed by atoms with Gasteiger partial charge < -0.3 is 4.57 Å². The number of alkyl halides is 24. The van der Waals surface area contributed by atoms with Gasteiger partial charge in [-0.05, 0) is 165 Å². The zero-order valence-electron chi connectivity index (χ0n) is 47.2. The number of hydrogen-bond acceptors (Lipinski definition) is 2. The number of pyridine rings is 1. The van der Waals surface area contributed by atoms with E-state index in [1.807, 2.05) is 6.07 Å². The molecule has 0 saturated heterocycles. The molecule has 9 aromatic carbocycles. The molecule has 0 aliphatic carbocycles. The maximum atomic E-state index is 14.4. The molecule has 0 aliphatic heterocycles. The topological polar surface area (TPSA) is 46.5 Å². The predicted molar refractivity (Wildman–Crippen MR) is 305 cm³/mol. The van der Waals surface area contributed by atoms with Crippen LogP contribution in [0.3, 0.4) is 0 Å². The second kappa shape index (κ2) is 22.3. The number of rotatable bonds is 7. The van der Waals surface area contributed by atoms with E-state index in [4.69, 9.17) is 4.98 Å². The fourth-order valence-electron chi connectivity index (χ4n) is 11.4. The van der Waals surface area contributed by atoms with E-state index in [2.05, 4.69) is 0 Å². The highest BCUT2D eigenvalue weighted by Crippen LogP contribution is 2.48. The molecule has 0 bridgehead atoms. The number of hydrogen-bond donors (Lipinski definition) is 0. The van der Waals surface area contributed by atoms with Gasteiger partial charge >= 0.3 is 49.4 Å². The Morgan fingerprint density at radius 3 is 0.740 bits per heavy atom. The molecular formula is C68H30F24N4. The molecule has 4 nitrogen and oxygen atoms in total. The number of nitrogens with zero attached hydrogens (tertiary/aromatic N) is 4. The Kier molecular flexibility index (Phi) is 15.3. The minimum absolute atomic E-state index is 0.00774. The normalized spacial score (nSPS) is 13.2. The molecule has 96 heavy (non-hydrogen) atoms. The van der Waals surface area contributed by atoms with E-state index in [0.29, 0.717) is 48.5 Å². The first kappa shape index (κ1) is 65.6. The Bertz CT molecular complexity index is 4780. The molecule has 0 spiro atoms. The van der Waals surface area contributed by atoms with Crippen LogP contribution in [0.4, 0.5) is 105 Å². The van der Waals surface area contributed by atoms with Crippen LogP contribution in [-0.4, -0.2) is 14.1 Å². The van der Waals surface area contributed by atoms with Gasteiger partial charge in [0.05, 0.1) is 90.1 Å². The lowest BCUT2D eigenvalue weighted by molar-refractivity contribution is -0.144. The smallest absolute Gasteiger partial charge is 0.307 e. The van der Waals surface area contributed by atoms with E-state index in [1.165, 1.54) is 63.7 Å². The maximum Gasteiger partial charge on any atom is 0.416 e. The zero-order chi connectivity index (χ0) is 69.5. The average Bonchev–Trinajstić information content (AvgIpc) is 1.55. The lowest BCUT2D eigenvalue weighted by Gasteiger charge is -2.18. The van der Waals surface area contributed by atoms with Crippen LogP contribution < -0.4 is 0 Å². The Morgan fingerprint density at radius 2 is 0.500 bits per heavy atom. The van der Waals surface area contributed by atoms with Crippen molar-refractivity contribution < 1.29 is 105 Å². The van der Waals surface area contributed by atoms with Crippen molar-refractivity contribution in [2.24, 2.45) is 0 Å². The summed E-state index contributed by atoms with van der Waals surface area (Å²) in [6, 6.07) is 24.8. The molecule has 0 unspecified atom stereocenters. The van der Waals surface area contributed by atoms with Gasteiger partial charge in [-0.2, -0.15) is 111 Å². The summed E-state index contributed by atoms with van der Waals surface area (Å²) >= 11 is 0.